The average molecular weight is 1050 g/mol. The molecule has 2 aliphatic rings. The predicted octanol–water partition coefficient (Wildman–Crippen LogP) is 3.34. The minimum absolute atomic E-state index is 0. The van der Waals surface area contributed by atoms with Gasteiger partial charge in [0.05, 0.1) is 35.6 Å². The van der Waals surface area contributed by atoms with Crippen LogP contribution in [0.3, 0.4) is 0 Å². The van der Waals surface area contributed by atoms with Crippen molar-refractivity contribution < 1.29 is 28.6 Å². The number of aldehydes is 1. The van der Waals surface area contributed by atoms with Crippen LogP contribution < -0.4 is 33.1 Å². The smallest absolute Gasteiger partial charge is 0.506 e. The maximum atomic E-state index is 14.7. The number of benzene rings is 1. The summed E-state index contributed by atoms with van der Waals surface area (Å²) < 4.78 is 20.9. The van der Waals surface area contributed by atoms with E-state index in [4.69, 9.17) is 31.2 Å². The van der Waals surface area contributed by atoms with E-state index in [1.807, 2.05) is 40.1 Å². The van der Waals surface area contributed by atoms with E-state index >= 15 is 0 Å². The largest absolute Gasteiger partial charge is 0.524 e. The molecule has 18 heteroatoms. The van der Waals surface area contributed by atoms with E-state index in [-0.39, 0.29) is 56.7 Å². The Bertz CT molecular complexity index is 1800. The number of hydrogen-bond donors (Lipinski definition) is 6. The molecule has 0 radical (unpaired) electrons. The summed E-state index contributed by atoms with van der Waals surface area (Å²) in [4.78, 5) is 50.0. The Balaban J connectivity index is 0.00000228. The number of nitrogens with one attached hydrogen (secondary N) is 3. The number of nitrogens with two attached hydrogens (primary N) is 2. The summed E-state index contributed by atoms with van der Waals surface area (Å²) in [5, 5.41) is 19.8. The van der Waals surface area contributed by atoms with Crippen molar-refractivity contribution in [1.29, 1.82) is 0 Å². The van der Waals surface area contributed by atoms with Crippen molar-refractivity contribution in [3.8, 4) is 11.4 Å². The molecule has 56 heavy (non-hydrogen) atoms. The Morgan fingerprint density at radius 3 is 2.38 bits per heavy atom. The molecule has 0 aliphatic carbocycles. The van der Waals surface area contributed by atoms with Crippen LogP contribution in [-0.4, -0.2) is 89.9 Å². The van der Waals surface area contributed by atoms with Crippen LogP contribution in [0.15, 0.2) is 34.9 Å². The summed E-state index contributed by atoms with van der Waals surface area (Å²) in [7, 11) is 1.93. The average Bonchev–Trinajstić information content (AvgIpc) is 3.52. The van der Waals surface area contributed by atoms with Gasteiger partial charge in [-0.2, -0.15) is 19.9 Å². The SMILES string of the molecule is CC.CC.CNCNCC1CCN(C/C(N)=C/N(N)Cc2c3c(nc4cc(F)c(C)cc24)-c2cc(C)c(COC(=O)O)c(=O)n2C3)CC1.O=[C-]NCC=O.S.[Fm]. The van der Waals surface area contributed by atoms with Crippen molar-refractivity contribution in [3.63, 3.8) is 0 Å². The Kier molecular flexibility index (Phi) is 23.0. The summed E-state index contributed by atoms with van der Waals surface area (Å²) >= 11 is 0. The van der Waals surface area contributed by atoms with Crippen LogP contribution in [0.2, 0.25) is 0 Å². The normalized spacial score (nSPS) is 13.1. The number of piperidine rings is 1. The number of hydrogen-bond acceptors (Lipinski definition) is 12. The molecule has 1 saturated heterocycles. The van der Waals surface area contributed by atoms with E-state index in [0.717, 1.165) is 55.7 Å². The second-order valence-electron chi connectivity index (χ2n) is 12.4. The fourth-order valence-electron chi connectivity index (χ4n) is 6.27. The number of fused-ring (bicyclic) bond motifs is 4. The summed E-state index contributed by atoms with van der Waals surface area (Å²) in [6.07, 6.45) is 4.41. The topological polar surface area (TPSA) is 210 Å². The van der Waals surface area contributed by atoms with Crippen molar-refractivity contribution in [1.82, 2.24) is 35.4 Å². The van der Waals surface area contributed by atoms with Gasteiger partial charge in [0, 0.05) is 48.7 Å². The fraction of sp³-hybridized carbons (Fsp3) is 0.500. The molecule has 2 aromatic heterocycles. The van der Waals surface area contributed by atoms with E-state index in [2.05, 4.69) is 15.5 Å². The Morgan fingerprint density at radius 2 is 1.80 bits per heavy atom. The number of aryl methyl sites for hydroxylation is 2. The summed E-state index contributed by atoms with van der Waals surface area (Å²) in [5.41, 5.74) is 11.3. The van der Waals surface area contributed by atoms with Crippen LogP contribution in [0.25, 0.3) is 22.3 Å². The third-order valence-electron chi connectivity index (χ3n) is 8.78. The molecular formula is C38H59FFmN9O6S-. The number of carbonyl (C=O) groups is 2. The Labute approximate surface area is 330 Å². The van der Waals surface area contributed by atoms with E-state index in [9.17, 15) is 18.8 Å². The maximum Gasteiger partial charge on any atom is 0.506 e. The van der Waals surface area contributed by atoms with Gasteiger partial charge >= 0.3 is 6.16 Å². The molecule has 1 fully saturated rings. The van der Waals surface area contributed by atoms with Gasteiger partial charge in [-0.3, -0.25) is 9.69 Å². The van der Waals surface area contributed by atoms with Crippen LogP contribution in [-0.2, 0) is 34.0 Å². The third kappa shape index (κ3) is 13.6. The van der Waals surface area contributed by atoms with Crippen LogP contribution >= 0.6 is 13.5 Å². The van der Waals surface area contributed by atoms with Gasteiger partial charge in [0.25, 0.3) is 5.56 Å². The van der Waals surface area contributed by atoms with E-state index in [0.29, 0.717) is 52.5 Å². The number of carboxylic acid groups (broad SMARTS) is 1. The number of hydrazine groups is 1. The van der Waals surface area contributed by atoms with Gasteiger partial charge in [0.2, 0.25) is 0 Å². The number of amides is 1. The van der Waals surface area contributed by atoms with Gasteiger partial charge in [-0.15, -0.1) is 0 Å². The van der Waals surface area contributed by atoms with Crippen molar-refractivity contribution in [2.45, 2.75) is 74.1 Å². The number of halogens is 1. The third-order valence-corrected chi connectivity index (χ3v) is 8.78. The van der Waals surface area contributed by atoms with Crippen molar-refractivity contribution in [3.05, 3.63) is 74.1 Å². The molecule has 4 heterocycles. The minimum Gasteiger partial charge on any atom is -0.524 e. The van der Waals surface area contributed by atoms with Crippen LogP contribution in [0.1, 0.15) is 68.4 Å². The van der Waals surface area contributed by atoms with Crippen LogP contribution in [0.4, 0.5) is 9.18 Å². The molecule has 2 aliphatic heterocycles. The molecule has 5 rings (SSSR count). The zero-order chi connectivity index (χ0) is 40.4. The van der Waals surface area contributed by atoms with Crippen LogP contribution in [0.5, 0.6) is 0 Å². The monoisotopic (exact) mass is 1050 g/mol. The number of carbonyl (C=O) groups excluding carboxylic acids is 2. The van der Waals surface area contributed by atoms with Crippen molar-refractivity contribution >= 4 is 43.3 Å². The molecule has 0 bridgehead atoms. The van der Waals surface area contributed by atoms with Crippen LogP contribution in [0, 0.1) is 25.6 Å². The number of pyridine rings is 2. The number of nitrogens with zero attached hydrogens (tertiary/aromatic N) is 4. The minimum atomic E-state index is -1.46. The van der Waals surface area contributed by atoms with E-state index in [1.165, 1.54) is 17.5 Å². The number of likely N-dealkylation sites (tertiary alicyclic amines) is 1. The van der Waals surface area contributed by atoms with Crippen molar-refractivity contribution in [2.75, 3.05) is 46.4 Å². The van der Waals surface area contributed by atoms with E-state index < -0.39 is 6.16 Å². The first-order chi connectivity index (χ1) is 26.0. The van der Waals surface area contributed by atoms with Gasteiger partial charge < -0.3 is 50.7 Å². The number of ether oxygens (including phenoxy) is 1. The van der Waals surface area contributed by atoms with Crippen molar-refractivity contribution in [2.24, 2.45) is 17.5 Å². The van der Waals surface area contributed by atoms with Gasteiger partial charge in [-0.1, -0.05) is 27.7 Å². The first kappa shape index (κ1) is 50.5. The van der Waals surface area contributed by atoms with Gasteiger partial charge in [-0.05, 0) is 88.1 Å². The summed E-state index contributed by atoms with van der Waals surface area (Å²) in [6, 6.07) is 4.95. The molecule has 3 aromatic rings. The first-order valence-electron chi connectivity index (χ1n) is 18.3. The molecule has 0 saturated carbocycles. The summed E-state index contributed by atoms with van der Waals surface area (Å²) in [5.74, 6) is 6.78. The van der Waals surface area contributed by atoms with Gasteiger partial charge in [-0.25, -0.2) is 20.0 Å². The molecule has 8 N–H and O–H groups in total. The predicted molar refractivity (Wildman–Crippen MR) is 219 cm³/mol. The zero-order valence-electron chi connectivity index (χ0n) is 33.3. The zero-order valence-corrected chi connectivity index (χ0v) is 36.7. The second-order valence-corrected chi connectivity index (χ2v) is 12.4. The fourth-order valence-corrected chi connectivity index (χ4v) is 6.27. The second kappa shape index (κ2) is 25.5. The molecule has 1 amide bonds. The first-order valence-corrected chi connectivity index (χ1v) is 18.3. The molecular weight excluding hydrogens is 987 g/mol. The quantitative estimate of drug-likeness (QED) is 0.0157. The Morgan fingerprint density at radius 1 is 1.14 bits per heavy atom. The molecule has 15 nitrogen and oxygen atoms in total. The maximum absolute atomic E-state index is 14.7. The Hall–Kier alpha value is -5.55. The number of aromatic nitrogens is 2. The molecule has 0 spiro atoms. The molecule has 0 atom stereocenters. The standard InChI is InChI=1S/C31H41FN8O4.C3H4NO2.2C2H6.Fm.H2S/c1-18-9-28-29-24(15-40(28)30(41)25(18)16-44-31(42)43)23(22-8-19(2)26(32)10-27(22)37-29)14-39(34)13-21(33)12-38-6-4-20(5-7-38)11-36-17-35-3;5-2-1-4-3-6;2*1-2;;/h8-10,13,20,35-36H,4-7,11-12,14-17,33-34H2,1-3H3,(H,42,43);2H,1H2,(H,4,6);2*1-2H3;;1H2/q;-1;;;;/b21-13-;;;;;. The molecule has 0 unspecified atom stereocenters. The number of rotatable bonds is 14. The summed E-state index contributed by atoms with van der Waals surface area (Å²) in [6.45, 7) is 15.9. The van der Waals surface area contributed by atoms with Gasteiger partial charge in [0.15, 0.2) is 0 Å². The molecule has 318 valence electrons. The molecule has 1 aromatic carbocycles. The van der Waals surface area contributed by atoms with Gasteiger partial charge in [0.1, 0.15) is 18.7 Å². The van der Waals surface area contributed by atoms with E-state index in [1.54, 1.807) is 36.7 Å².